The van der Waals surface area contributed by atoms with Gasteiger partial charge in [0, 0.05) is 11.5 Å². The first-order valence-electron chi connectivity index (χ1n) is 7.33. The van der Waals surface area contributed by atoms with E-state index in [1.54, 1.807) is 12.1 Å². The van der Waals surface area contributed by atoms with Crippen molar-refractivity contribution in [3.05, 3.63) is 30.1 Å². The highest BCUT2D eigenvalue weighted by Gasteiger charge is 2.38. The van der Waals surface area contributed by atoms with Crippen molar-refractivity contribution in [3.63, 3.8) is 0 Å². The number of carbonyl (C=O) groups is 1. The topological polar surface area (TPSA) is 58.6 Å². The molecular weight excluding hydrogens is 273 g/mol. The molecule has 2 N–H and O–H groups in total. The molecule has 0 saturated heterocycles. The lowest BCUT2D eigenvalue weighted by atomic mass is 9.86. The van der Waals surface area contributed by atoms with Crippen molar-refractivity contribution in [2.24, 2.45) is 5.41 Å². The number of para-hydroxylation sites is 1. The molecule has 0 radical (unpaired) electrons. The Labute approximate surface area is 124 Å². The number of rotatable bonds is 6. The average molecular weight is 295 g/mol. The maximum absolute atomic E-state index is 13.3. The van der Waals surface area contributed by atoms with Crippen LogP contribution in [-0.4, -0.2) is 30.3 Å². The largest absolute Gasteiger partial charge is 0.490 e. The van der Waals surface area contributed by atoms with Crippen LogP contribution in [0.3, 0.4) is 0 Å². The molecule has 0 spiro atoms. The van der Waals surface area contributed by atoms with Gasteiger partial charge in [-0.2, -0.15) is 0 Å². The zero-order chi connectivity index (χ0) is 15.3. The van der Waals surface area contributed by atoms with Gasteiger partial charge in [-0.3, -0.25) is 4.79 Å². The van der Waals surface area contributed by atoms with E-state index in [2.05, 4.69) is 5.32 Å². The second-order valence-corrected chi connectivity index (χ2v) is 5.85. The number of carbonyl (C=O) groups excluding carboxylic acids is 1. The summed E-state index contributed by atoms with van der Waals surface area (Å²) in [4.78, 5) is 11.9. The molecule has 0 aromatic heterocycles. The van der Waals surface area contributed by atoms with Crippen LogP contribution in [0, 0.1) is 11.2 Å². The van der Waals surface area contributed by atoms with Crippen molar-refractivity contribution < 1.29 is 19.0 Å². The van der Waals surface area contributed by atoms with E-state index in [4.69, 9.17) is 4.74 Å². The molecule has 0 heterocycles. The van der Waals surface area contributed by atoms with Gasteiger partial charge in [0.25, 0.3) is 0 Å². The summed E-state index contributed by atoms with van der Waals surface area (Å²) in [5, 5.41) is 12.4. The van der Waals surface area contributed by atoms with Crippen LogP contribution in [-0.2, 0) is 4.79 Å². The number of nitrogens with one attached hydrogen (secondary N) is 1. The molecule has 1 aromatic rings. The lowest BCUT2D eigenvalue weighted by Gasteiger charge is -2.30. The molecular formula is C16H22FNO3. The Bertz CT molecular complexity index is 494. The fraction of sp³-hybridized carbons (Fsp3) is 0.562. The van der Waals surface area contributed by atoms with Gasteiger partial charge in [-0.1, -0.05) is 25.5 Å². The number of hydrogen-bond acceptors (Lipinski definition) is 3. The fourth-order valence-corrected chi connectivity index (χ4v) is 2.75. The van der Waals surface area contributed by atoms with Gasteiger partial charge in [-0.05, 0) is 25.0 Å². The SMILES string of the molecule is CC1(CO)CCCC1NC(=O)CCOc1ccccc1F. The van der Waals surface area contributed by atoms with Crippen LogP contribution in [0.25, 0.3) is 0 Å². The maximum Gasteiger partial charge on any atom is 0.223 e. The van der Waals surface area contributed by atoms with E-state index < -0.39 is 5.82 Å². The highest BCUT2D eigenvalue weighted by Crippen LogP contribution is 2.37. The van der Waals surface area contributed by atoms with Crippen LogP contribution in [0.2, 0.25) is 0 Å². The number of hydrogen-bond donors (Lipinski definition) is 2. The van der Waals surface area contributed by atoms with E-state index in [0.29, 0.717) is 0 Å². The minimum atomic E-state index is -0.429. The Hall–Kier alpha value is -1.62. The van der Waals surface area contributed by atoms with E-state index >= 15 is 0 Å². The van der Waals surface area contributed by atoms with Crippen LogP contribution < -0.4 is 10.1 Å². The van der Waals surface area contributed by atoms with Gasteiger partial charge in [0.05, 0.1) is 19.6 Å². The molecule has 2 rings (SSSR count). The first-order chi connectivity index (χ1) is 10.0. The summed E-state index contributed by atoms with van der Waals surface area (Å²) in [6, 6.07) is 6.13. The number of halogens is 1. The zero-order valence-corrected chi connectivity index (χ0v) is 12.3. The van der Waals surface area contributed by atoms with Crippen molar-refractivity contribution in [3.8, 4) is 5.75 Å². The predicted molar refractivity (Wildman–Crippen MR) is 77.5 cm³/mol. The summed E-state index contributed by atoms with van der Waals surface area (Å²) in [5.74, 6) is -0.397. The second kappa shape index (κ2) is 6.89. The summed E-state index contributed by atoms with van der Waals surface area (Å²) in [6.07, 6.45) is 2.98. The number of aliphatic hydroxyl groups is 1. The molecule has 21 heavy (non-hydrogen) atoms. The van der Waals surface area contributed by atoms with Crippen LogP contribution in [0.1, 0.15) is 32.6 Å². The van der Waals surface area contributed by atoms with Gasteiger partial charge in [-0.25, -0.2) is 4.39 Å². The summed E-state index contributed by atoms with van der Waals surface area (Å²) >= 11 is 0. The van der Waals surface area contributed by atoms with E-state index in [1.807, 2.05) is 6.92 Å². The van der Waals surface area contributed by atoms with Crippen LogP contribution >= 0.6 is 0 Å². The molecule has 0 bridgehead atoms. The van der Waals surface area contributed by atoms with Crippen molar-refractivity contribution in [2.45, 2.75) is 38.6 Å². The Kier molecular flexibility index (Phi) is 5.17. The molecule has 2 unspecified atom stereocenters. The molecule has 1 aliphatic carbocycles. The number of ether oxygens (including phenoxy) is 1. The van der Waals surface area contributed by atoms with E-state index in [1.165, 1.54) is 12.1 Å². The summed E-state index contributed by atoms with van der Waals surface area (Å²) in [5.41, 5.74) is -0.234. The highest BCUT2D eigenvalue weighted by molar-refractivity contribution is 5.76. The van der Waals surface area contributed by atoms with Crippen LogP contribution in [0.5, 0.6) is 5.75 Å². The lowest BCUT2D eigenvalue weighted by Crippen LogP contribution is -2.45. The Morgan fingerprint density at radius 1 is 1.52 bits per heavy atom. The van der Waals surface area contributed by atoms with Crippen LogP contribution in [0.4, 0.5) is 4.39 Å². The van der Waals surface area contributed by atoms with Gasteiger partial charge in [0.1, 0.15) is 0 Å². The first kappa shape index (κ1) is 15.8. The third-order valence-electron chi connectivity index (χ3n) is 4.20. The summed E-state index contributed by atoms with van der Waals surface area (Å²) < 4.78 is 18.6. The van der Waals surface area contributed by atoms with Crippen molar-refractivity contribution >= 4 is 5.91 Å². The molecule has 5 heteroatoms. The minimum absolute atomic E-state index is 0.00320. The van der Waals surface area contributed by atoms with Gasteiger partial charge in [0.15, 0.2) is 11.6 Å². The third kappa shape index (κ3) is 3.94. The lowest BCUT2D eigenvalue weighted by molar-refractivity contribution is -0.123. The van der Waals surface area contributed by atoms with Gasteiger partial charge < -0.3 is 15.2 Å². The number of benzene rings is 1. The Balaban J connectivity index is 1.77. The van der Waals surface area contributed by atoms with Crippen LogP contribution in [0.15, 0.2) is 24.3 Å². The molecule has 1 aromatic carbocycles. The third-order valence-corrected chi connectivity index (χ3v) is 4.20. The van der Waals surface area contributed by atoms with Crippen molar-refractivity contribution in [1.29, 1.82) is 0 Å². The van der Waals surface area contributed by atoms with Gasteiger partial charge in [0.2, 0.25) is 5.91 Å². The highest BCUT2D eigenvalue weighted by atomic mass is 19.1. The minimum Gasteiger partial charge on any atom is -0.490 e. The molecule has 116 valence electrons. The molecule has 1 fully saturated rings. The predicted octanol–water partition coefficient (Wildman–Crippen LogP) is 2.26. The number of amides is 1. The van der Waals surface area contributed by atoms with E-state index in [-0.39, 0.29) is 42.7 Å². The van der Waals surface area contributed by atoms with Gasteiger partial charge >= 0.3 is 0 Å². The Morgan fingerprint density at radius 3 is 3.00 bits per heavy atom. The average Bonchev–Trinajstić information content (AvgIpc) is 2.83. The van der Waals surface area contributed by atoms with E-state index in [0.717, 1.165) is 19.3 Å². The zero-order valence-electron chi connectivity index (χ0n) is 12.3. The molecule has 1 aliphatic rings. The second-order valence-electron chi connectivity index (χ2n) is 5.85. The van der Waals surface area contributed by atoms with Crippen molar-refractivity contribution in [1.82, 2.24) is 5.32 Å². The normalized spacial score (nSPS) is 24.8. The monoisotopic (exact) mass is 295 g/mol. The standard InChI is InChI=1S/C16H22FNO3/c1-16(11-19)9-4-7-14(16)18-15(20)8-10-21-13-6-3-2-5-12(13)17/h2-3,5-6,14,19H,4,7-11H2,1H3,(H,18,20). The first-order valence-corrected chi connectivity index (χ1v) is 7.33. The molecule has 1 amide bonds. The summed E-state index contributed by atoms with van der Waals surface area (Å²) in [7, 11) is 0. The fourth-order valence-electron chi connectivity index (χ4n) is 2.75. The smallest absolute Gasteiger partial charge is 0.223 e. The van der Waals surface area contributed by atoms with Gasteiger partial charge in [-0.15, -0.1) is 0 Å². The molecule has 4 nitrogen and oxygen atoms in total. The molecule has 1 saturated carbocycles. The number of aliphatic hydroxyl groups excluding tert-OH is 1. The van der Waals surface area contributed by atoms with E-state index in [9.17, 15) is 14.3 Å². The van der Waals surface area contributed by atoms with Crippen molar-refractivity contribution in [2.75, 3.05) is 13.2 Å². The Morgan fingerprint density at radius 2 is 2.29 bits per heavy atom. The quantitative estimate of drug-likeness (QED) is 0.846. The maximum atomic E-state index is 13.3. The molecule has 2 atom stereocenters. The molecule has 0 aliphatic heterocycles. The summed E-state index contributed by atoms with van der Waals surface area (Å²) in [6.45, 7) is 2.19.